The van der Waals surface area contributed by atoms with Crippen LogP contribution in [0.1, 0.15) is 33.3 Å². The Morgan fingerprint density at radius 3 is 2.47 bits per heavy atom. The van der Waals surface area contributed by atoms with Gasteiger partial charge in [0.2, 0.25) is 0 Å². The van der Waals surface area contributed by atoms with Crippen LogP contribution in [-0.2, 0) is 11.3 Å². The van der Waals surface area contributed by atoms with Crippen molar-refractivity contribution in [2.24, 2.45) is 5.41 Å². The molecule has 1 aromatic carbocycles. The molecule has 1 aromatic rings. The Morgan fingerprint density at radius 1 is 1.37 bits per heavy atom. The maximum atomic E-state index is 13.6. The molecule has 0 aromatic heterocycles. The lowest BCUT2D eigenvalue weighted by molar-refractivity contribution is -0.151. The van der Waals surface area contributed by atoms with Gasteiger partial charge in [0.15, 0.2) is 0 Å². The fourth-order valence-corrected chi connectivity index (χ4v) is 1.89. The van der Waals surface area contributed by atoms with Crippen molar-refractivity contribution in [3.8, 4) is 0 Å². The Kier molecular flexibility index (Phi) is 4.74. The molecule has 0 radical (unpaired) electrons. The van der Waals surface area contributed by atoms with Crippen molar-refractivity contribution < 1.29 is 14.3 Å². The fourth-order valence-electron chi connectivity index (χ4n) is 1.48. The van der Waals surface area contributed by atoms with Crippen LogP contribution >= 0.6 is 15.9 Å². The Morgan fingerprint density at radius 2 is 1.95 bits per heavy atom. The Balaban J connectivity index is 2.86. The molecule has 1 rings (SSSR count). The summed E-state index contributed by atoms with van der Waals surface area (Å²) < 4.78 is 14.4. The molecule has 0 aliphatic carbocycles. The van der Waals surface area contributed by atoms with E-state index in [4.69, 9.17) is 0 Å². The van der Waals surface area contributed by atoms with Crippen LogP contribution < -0.4 is 5.32 Å². The molecular weight excluding hydrogens is 313 g/mol. The lowest BCUT2D eigenvalue weighted by atomic mass is 9.74. The van der Waals surface area contributed by atoms with Crippen molar-refractivity contribution in [1.29, 1.82) is 0 Å². The summed E-state index contributed by atoms with van der Waals surface area (Å²) in [6.07, 6.45) is 0. The highest BCUT2D eigenvalue weighted by molar-refractivity contribution is 9.10. The average molecular weight is 332 g/mol. The van der Waals surface area contributed by atoms with Crippen LogP contribution in [0, 0.1) is 11.2 Å². The Bertz CT molecular complexity index is 486. The first-order chi connectivity index (χ1) is 8.58. The second-order valence-electron chi connectivity index (χ2n) is 5.64. The number of benzene rings is 1. The molecule has 0 saturated heterocycles. The van der Waals surface area contributed by atoms with Gasteiger partial charge in [-0.3, -0.25) is 4.79 Å². The zero-order valence-corrected chi connectivity index (χ0v) is 13.1. The first-order valence-electron chi connectivity index (χ1n) is 6.00. The van der Waals surface area contributed by atoms with E-state index in [1.54, 1.807) is 39.8 Å². The largest absolute Gasteiger partial charge is 0.481 e. The number of halogens is 2. The number of hydrogen-bond acceptors (Lipinski definition) is 2. The van der Waals surface area contributed by atoms with Gasteiger partial charge in [0.05, 0.1) is 5.41 Å². The summed E-state index contributed by atoms with van der Waals surface area (Å²) in [5.41, 5.74) is -1.13. The summed E-state index contributed by atoms with van der Waals surface area (Å²) in [6.45, 7) is 7.18. The normalized spacial score (nSPS) is 12.5. The van der Waals surface area contributed by atoms with E-state index in [0.717, 1.165) is 4.47 Å². The first kappa shape index (κ1) is 16.1. The van der Waals surface area contributed by atoms with Crippen LogP contribution in [0.15, 0.2) is 22.7 Å². The van der Waals surface area contributed by atoms with Gasteiger partial charge in [0, 0.05) is 22.1 Å². The minimum absolute atomic E-state index is 0.273. The van der Waals surface area contributed by atoms with Gasteiger partial charge in [-0.1, -0.05) is 15.9 Å². The molecule has 19 heavy (non-hydrogen) atoms. The number of nitrogens with one attached hydrogen (secondary N) is 1. The number of aliphatic carboxylic acids is 1. The number of carboxylic acid groups (broad SMARTS) is 1. The maximum Gasteiger partial charge on any atom is 0.310 e. The van der Waals surface area contributed by atoms with E-state index in [-0.39, 0.29) is 12.4 Å². The van der Waals surface area contributed by atoms with Crippen LogP contribution in [0.5, 0.6) is 0 Å². The monoisotopic (exact) mass is 331 g/mol. The predicted molar refractivity (Wildman–Crippen MR) is 76.4 cm³/mol. The summed E-state index contributed by atoms with van der Waals surface area (Å²) in [5.74, 6) is -1.20. The highest BCUT2D eigenvalue weighted by Gasteiger charge is 2.43. The van der Waals surface area contributed by atoms with Gasteiger partial charge in [-0.15, -0.1) is 0 Å². The van der Waals surface area contributed by atoms with Crippen molar-refractivity contribution in [3.63, 3.8) is 0 Å². The summed E-state index contributed by atoms with van der Waals surface area (Å²) in [5, 5.41) is 12.4. The zero-order chi connectivity index (χ0) is 14.8. The third-order valence-corrected chi connectivity index (χ3v) is 4.32. The molecule has 0 atom stereocenters. The summed E-state index contributed by atoms with van der Waals surface area (Å²) in [6, 6.07) is 4.70. The number of carbonyl (C=O) groups is 1. The molecule has 0 bridgehead atoms. The van der Waals surface area contributed by atoms with Gasteiger partial charge < -0.3 is 10.4 Å². The van der Waals surface area contributed by atoms with Crippen LogP contribution in [0.3, 0.4) is 0 Å². The van der Waals surface area contributed by atoms with E-state index in [1.807, 2.05) is 0 Å². The smallest absolute Gasteiger partial charge is 0.310 e. The van der Waals surface area contributed by atoms with Crippen molar-refractivity contribution in [1.82, 2.24) is 5.32 Å². The molecule has 0 aliphatic heterocycles. The lowest BCUT2D eigenvalue weighted by Gasteiger charge is -2.39. The predicted octanol–water partition coefficient (Wildman–Crippen LogP) is 3.57. The molecule has 5 heteroatoms. The van der Waals surface area contributed by atoms with Crippen molar-refractivity contribution >= 4 is 21.9 Å². The quantitative estimate of drug-likeness (QED) is 0.867. The minimum atomic E-state index is -0.963. The van der Waals surface area contributed by atoms with E-state index >= 15 is 0 Å². The second-order valence-corrected chi connectivity index (χ2v) is 6.56. The van der Waals surface area contributed by atoms with E-state index < -0.39 is 16.9 Å². The van der Waals surface area contributed by atoms with Gasteiger partial charge >= 0.3 is 5.97 Å². The molecule has 0 amide bonds. The van der Waals surface area contributed by atoms with Gasteiger partial charge in [0.1, 0.15) is 5.82 Å². The third-order valence-electron chi connectivity index (χ3n) is 3.83. The fraction of sp³-hybridized carbons (Fsp3) is 0.500. The van der Waals surface area contributed by atoms with Crippen molar-refractivity contribution in [3.05, 3.63) is 34.1 Å². The van der Waals surface area contributed by atoms with Crippen LogP contribution in [0.2, 0.25) is 0 Å². The van der Waals surface area contributed by atoms with Crippen LogP contribution in [0.4, 0.5) is 4.39 Å². The Labute approximate surface area is 121 Å². The van der Waals surface area contributed by atoms with E-state index in [9.17, 15) is 14.3 Å². The van der Waals surface area contributed by atoms with Crippen LogP contribution in [-0.4, -0.2) is 16.6 Å². The van der Waals surface area contributed by atoms with Gasteiger partial charge in [-0.25, -0.2) is 4.39 Å². The molecule has 106 valence electrons. The molecule has 0 fully saturated rings. The Hall–Kier alpha value is -0.940. The molecule has 0 unspecified atom stereocenters. The number of rotatable bonds is 5. The van der Waals surface area contributed by atoms with E-state index in [0.29, 0.717) is 5.56 Å². The van der Waals surface area contributed by atoms with Gasteiger partial charge in [-0.05, 0) is 45.9 Å². The highest BCUT2D eigenvalue weighted by atomic mass is 79.9. The standard InChI is InChI=1S/C14H19BrFNO2/c1-13(2,12(18)19)14(3,4)17-8-9-7-10(15)5-6-11(9)16/h5-7,17H,8H2,1-4H3,(H,18,19). The lowest BCUT2D eigenvalue weighted by Crippen LogP contribution is -2.54. The number of hydrogen-bond donors (Lipinski definition) is 2. The molecule has 0 saturated carbocycles. The highest BCUT2D eigenvalue weighted by Crippen LogP contribution is 2.31. The number of carboxylic acids is 1. The van der Waals surface area contributed by atoms with Gasteiger partial charge in [-0.2, -0.15) is 0 Å². The van der Waals surface area contributed by atoms with Crippen molar-refractivity contribution in [2.75, 3.05) is 0 Å². The molecule has 3 nitrogen and oxygen atoms in total. The SMILES string of the molecule is CC(C)(NCc1cc(Br)ccc1F)C(C)(C)C(=O)O. The molecule has 2 N–H and O–H groups in total. The zero-order valence-electron chi connectivity index (χ0n) is 11.6. The summed E-state index contributed by atoms with van der Waals surface area (Å²) in [7, 11) is 0. The molecular formula is C14H19BrFNO2. The molecule has 0 spiro atoms. The topological polar surface area (TPSA) is 49.3 Å². The third kappa shape index (κ3) is 3.54. The summed E-state index contributed by atoms with van der Waals surface area (Å²) >= 11 is 3.29. The molecule has 0 aliphatic rings. The van der Waals surface area contributed by atoms with Crippen molar-refractivity contribution in [2.45, 2.75) is 39.8 Å². The maximum absolute atomic E-state index is 13.6. The van der Waals surface area contributed by atoms with Crippen LogP contribution in [0.25, 0.3) is 0 Å². The average Bonchev–Trinajstić information content (AvgIpc) is 2.30. The van der Waals surface area contributed by atoms with E-state index in [2.05, 4.69) is 21.2 Å². The second kappa shape index (κ2) is 5.59. The minimum Gasteiger partial charge on any atom is -0.481 e. The molecule has 0 heterocycles. The van der Waals surface area contributed by atoms with Gasteiger partial charge in [0.25, 0.3) is 0 Å². The first-order valence-corrected chi connectivity index (χ1v) is 6.79. The van der Waals surface area contributed by atoms with E-state index in [1.165, 1.54) is 6.07 Å². The summed E-state index contributed by atoms with van der Waals surface area (Å²) in [4.78, 5) is 11.3.